The summed E-state index contributed by atoms with van der Waals surface area (Å²) < 4.78 is 17.3. The van der Waals surface area contributed by atoms with E-state index in [4.69, 9.17) is 13.6 Å². The second-order valence-electron chi connectivity index (χ2n) is 7.66. The molecule has 5 aromatic rings. The lowest BCUT2D eigenvalue weighted by Crippen LogP contribution is -2.29. The van der Waals surface area contributed by atoms with E-state index < -0.39 is 17.9 Å². The van der Waals surface area contributed by atoms with E-state index in [2.05, 4.69) is 4.98 Å². The number of ether oxygens (including phenoxy) is 1. The van der Waals surface area contributed by atoms with Gasteiger partial charge in [0.2, 0.25) is 5.76 Å². The number of fused-ring (bicyclic) bond motifs is 3. The quantitative estimate of drug-likeness (QED) is 0.342. The maximum absolute atomic E-state index is 13.6. The number of hydrogen-bond acceptors (Lipinski definition) is 8. The SMILES string of the molecule is CCOC(=O)c1ccc2nc(N3C(=O)c4oc5ccccc5c(=O)c4C3c3ccco3)sc2c1. The third-order valence-electron chi connectivity index (χ3n) is 5.68. The molecule has 34 heavy (non-hydrogen) atoms. The van der Waals surface area contributed by atoms with Crippen molar-refractivity contribution in [3.63, 3.8) is 0 Å². The number of furan rings is 1. The lowest BCUT2D eigenvalue weighted by atomic mass is 10.0. The molecular formula is C25H16N2O6S. The minimum Gasteiger partial charge on any atom is -0.467 e. The van der Waals surface area contributed by atoms with Gasteiger partial charge in [0.15, 0.2) is 10.6 Å². The van der Waals surface area contributed by atoms with Gasteiger partial charge >= 0.3 is 5.97 Å². The minimum absolute atomic E-state index is 0.0310. The second-order valence-corrected chi connectivity index (χ2v) is 8.67. The predicted octanol–water partition coefficient (Wildman–Crippen LogP) is 4.92. The first kappa shape index (κ1) is 20.4. The Balaban J connectivity index is 1.54. The number of hydrogen-bond donors (Lipinski definition) is 0. The molecule has 9 heteroatoms. The van der Waals surface area contributed by atoms with Gasteiger partial charge in [-0.05, 0) is 49.4 Å². The van der Waals surface area contributed by atoms with Gasteiger partial charge in [0, 0.05) is 0 Å². The summed E-state index contributed by atoms with van der Waals surface area (Å²) in [5, 5.41) is 0.744. The second kappa shape index (κ2) is 7.67. The van der Waals surface area contributed by atoms with E-state index in [0.717, 1.165) is 0 Å². The molecule has 0 N–H and O–H groups in total. The summed E-state index contributed by atoms with van der Waals surface area (Å²) in [6.45, 7) is 2.01. The standard InChI is InChI=1S/C25H16N2O6S/c1-2-31-24(30)13-9-10-15-18(12-13)34-25(26-15)27-20(17-8-5-11-32-17)19-21(28)14-6-3-4-7-16(14)33-22(19)23(27)29/h3-12,20H,2H2,1H3. The Morgan fingerprint density at radius 1 is 1.15 bits per heavy atom. The van der Waals surface area contributed by atoms with Gasteiger partial charge in [-0.25, -0.2) is 9.78 Å². The smallest absolute Gasteiger partial charge is 0.338 e. The third kappa shape index (κ3) is 2.97. The van der Waals surface area contributed by atoms with Crippen LogP contribution in [-0.4, -0.2) is 23.5 Å². The number of thiazole rings is 1. The van der Waals surface area contributed by atoms with Crippen LogP contribution in [0.1, 0.15) is 45.2 Å². The molecule has 1 atom stereocenters. The lowest BCUT2D eigenvalue weighted by molar-refractivity contribution is 0.0526. The zero-order chi connectivity index (χ0) is 23.4. The normalized spacial score (nSPS) is 15.3. The van der Waals surface area contributed by atoms with Gasteiger partial charge in [-0.1, -0.05) is 23.5 Å². The summed E-state index contributed by atoms with van der Waals surface area (Å²) in [6.07, 6.45) is 1.49. The number of esters is 1. The number of aromatic nitrogens is 1. The van der Waals surface area contributed by atoms with E-state index in [1.165, 1.54) is 22.5 Å². The number of carbonyl (C=O) groups is 2. The molecule has 168 valence electrons. The number of amides is 1. The highest BCUT2D eigenvalue weighted by molar-refractivity contribution is 7.22. The Kier molecular flexibility index (Phi) is 4.59. The van der Waals surface area contributed by atoms with Crippen molar-refractivity contribution < 1.29 is 23.2 Å². The number of carbonyl (C=O) groups excluding carboxylic acids is 2. The van der Waals surface area contributed by atoms with Crippen LogP contribution in [0.4, 0.5) is 5.13 Å². The first-order valence-corrected chi connectivity index (χ1v) is 11.4. The van der Waals surface area contributed by atoms with Crippen molar-refractivity contribution >= 4 is 49.5 Å². The van der Waals surface area contributed by atoms with Crippen molar-refractivity contribution in [1.82, 2.24) is 4.98 Å². The van der Waals surface area contributed by atoms with Gasteiger partial charge in [0.1, 0.15) is 17.4 Å². The summed E-state index contributed by atoms with van der Waals surface area (Å²) in [4.78, 5) is 45.2. The van der Waals surface area contributed by atoms with Crippen LogP contribution in [0, 0.1) is 0 Å². The van der Waals surface area contributed by atoms with Gasteiger partial charge in [-0.3, -0.25) is 14.5 Å². The van der Waals surface area contributed by atoms with E-state index in [1.807, 2.05) is 0 Å². The predicted molar refractivity (Wildman–Crippen MR) is 125 cm³/mol. The zero-order valence-corrected chi connectivity index (χ0v) is 18.6. The monoisotopic (exact) mass is 472 g/mol. The van der Waals surface area contributed by atoms with E-state index in [-0.39, 0.29) is 23.4 Å². The molecule has 4 heterocycles. The average Bonchev–Trinajstić information content (AvgIpc) is 3.57. The summed E-state index contributed by atoms with van der Waals surface area (Å²) in [5.41, 5.74) is 1.26. The number of benzene rings is 2. The molecule has 0 saturated carbocycles. The summed E-state index contributed by atoms with van der Waals surface area (Å²) >= 11 is 1.23. The summed E-state index contributed by atoms with van der Waals surface area (Å²) in [7, 11) is 0. The summed E-state index contributed by atoms with van der Waals surface area (Å²) in [6, 6.07) is 14.4. The van der Waals surface area contributed by atoms with E-state index in [1.54, 1.807) is 61.5 Å². The fraction of sp³-hybridized carbons (Fsp3) is 0.120. The van der Waals surface area contributed by atoms with Crippen molar-refractivity contribution in [3.8, 4) is 0 Å². The van der Waals surface area contributed by atoms with Gasteiger partial charge < -0.3 is 13.6 Å². The van der Waals surface area contributed by atoms with Crippen LogP contribution in [-0.2, 0) is 4.74 Å². The average molecular weight is 472 g/mol. The molecule has 1 amide bonds. The van der Waals surface area contributed by atoms with E-state index >= 15 is 0 Å². The van der Waals surface area contributed by atoms with Crippen molar-refractivity contribution in [3.05, 3.63) is 93.7 Å². The Morgan fingerprint density at radius 2 is 2.00 bits per heavy atom. The van der Waals surface area contributed by atoms with Crippen LogP contribution in [0.25, 0.3) is 21.2 Å². The number of anilines is 1. The first-order valence-electron chi connectivity index (χ1n) is 10.6. The van der Waals surface area contributed by atoms with Crippen molar-refractivity contribution in [2.45, 2.75) is 13.0 Å². The van der Waals surface area contributed by atoms with Crippen LogP contribution >= 0.6 is 11.3 Å². The molecule has 0 spiro atoms. The molecular weight excluding hydrogens is 456 g/mol. The number of nitrogens with zero attached hydrogens (tertiary/aromatic N) is 2. The first-order chi connectivity index (χ1) is 16.6. The van der Waals surface area contributed by atoms with E-state index in [0.29, 0.717) is 37.6 Å². The van der Waals surface area contributed by atoms with E-state index in [9.17, 15) is 14.4 Å². The van der Waals surface area contributed by atoms with Gasteiger partial charge in [0.05, 0.1) is 39.6 Å². The largest absolute Gasteiger partial charge is 0.467 e. The molecule has 0 fully saturated rings. The highest BCUT2D eigenvalue weighted by Gasteiger charge is 2.46. The van der Waals surface area contributed by atoms with Crippen molar-refractivity contribution in [1.29, 1.82) is 0 Å². The molecule has 0 saturated heterocycles. The Morgan fingerprint density at radius 3 is 2.79 bits per heavy atom. The molecule has 0 bridgehead atoms. The van der Waals surface area contributed by atoms with Crippen LogP contribution < -0.4 is 10.3 Å². The fourth-order valence-corrected chi connectivity index (χ4v) is 5.22. The third-order valence-corrected chi connectivity index (χ3v) is 6.70. The highest BCUT2D eigenvalue weighted by atomic mass is 32.1. The molecule has 1 unspecified atom stereocenters. The maximum Gasteiger partial charge on any atom is 0.338 e. The van der Waals surface area contributed by atoms with Crippen molar-refractivity contribution in [2.24, 2.45) is 0 Å². The van der Waals surface area contributed by atoms with Crippen LogP contribution in [0.2, 0.25) is 0 Å². The zero-order valence-electron chi connectivity index (χ0n) is 17.8. The van der Waals surface area contributed by atoms with Gasteiger partial charge in [0.25, 0.3) is 5.91 Å². The van der Waals surface area contributed by atoms with Gasteiger partial charge in [-0.2, -0.15) is 0 Å². The Labute approximate surface area is 196 Å². The molecule has 0 radical (unpaired) electrons. The molecule has 6 rings (SSSR count). The number of rotatable bonds is 4. The lowest BCUT2D eigenvalue weighted by Gasteiger charge is -2.19. The molecule has 8 nitrogen and oxygen atoms in total. The molecule has 1 aliphatic heterocycles. The maximum atomic E-state index is 13.6. The minimum atomic E-state index is -0.830. The van der Waals surface area contributed by atoms with Crippen LogP contribution in [0.3, 0.4) is 0 Å². The Bertz CT molecular complexity index is 1650. The van der Waals surface area contributed by atoms with Crippen LogP contribution in [0.5, 0.6) is 0 Å². The molecule has 1 aliphatic rings. The number of para-hydroxylation sites is 1. The molecule has 2 aromatic carbocycles. The topological polar surface area (TPSA) is 103 Å². The van der Waals surface area contributed by atoms with Crippen LogP contribution in [0.15, 0.2) is 74.5 Å². The summed E-state index contributed by atoms with van der Waals surface area (Å²) in [5.74, 6) is -0.527. The highest BCUT2D eigenvalue weighted by Crippen LogP contribution is 2.43. The molecule has 0 aliphatic carbocycles. The van der Waals surface area contributed by atoms with Crippen molar-refractivity contribution in [2.75, 3.05) is 11.5 Å². The molecule has 3 aromatic heterocycles. The van der Waals surface area contributed by atoms with Gasteiger partial charge in [-0.15, -0.1) is 0 Å². The Hall–Kier alpha value is -4.24. The fourth-order valence-electron chi connectivity index (χ4n) is 4.19.